The molecule has 1 saturated heterocycles. The average molecular weight is 284 g/mol. The van der Waals surface area contributed by atoms with E-state index < -0.39 is 6.04 Å². The fourth-order valence-electron chi connectivity index (χ4n) is 2.55. The Hall–Kier alpha value is -1.10. The fourth-order valence-corrected chi connectivity index (χ4v) is 2.55. The molecule has 0 bridgehead atoms. The predicted molar refractivity (Wildman–Crippen MR) is 78.3 cm³/mol. The molecule has 0 aromatic carbocycles. The van der Waals surface area contributed by atoms with Crippen molar-refractivity contribution in [1.29, 1.82) is 0 Å². The highest BCUT2D eigenvalue weighted by molar-refractivity contribution is 5.97. The van der Waals surface area contributed by atoms with Gasteiger partial charge in [-0.15, -0.1) is 0 Å². The fraction of sp³-hybridized carbons (Fsp3) is 0.867. The molecule has 2 amide bonds. The minimum Gasteiger partial charge on any atom is -0.385 e. The molecule has 0 radical (unpaired) electrons. The molecule has 1 fully saturated rings. The molecule has 0 aromatic rings. The van der Waals surface area contributed by atoms with Crippen LogP contribution in [0.25, 0.3) is 0 Å². The smallest absolute Gasteiger partial charge is 0.246 e. The zero-order valence-electron chi connectivity index (χ0n) is 13.4. The topological polar surface area (TPSA) is 58.6 Å². The van der Waals surface area contributed by atoms with Gasteiger partial charge in [0, 0.05) is 20.3 Å². The first-order valence-corrected chi connectivity index (χ1v) is 7.42. The van der Waals surface area contributed by atoms with Gasteiger partial charge in [0.25, 0.3) is 0 Å². The second-order valence-electron chi connectivity index (χ2n) is 6.49. The van der Waals surface area contributed by atoms with Crippen molar-refractivity contribution < 1.29 is 14.3 Å². The Balaban J connectivity index is 2.89. The van der Waals surface area contributed by atoms with Crippen LogP contribution in [-0.2, 0) is 14.3 Å². The molecule has 20 heavy (non-hydrogen) atoms. The summed E-state index contributed by atoms with van der Waals surface area (Å²) >= 11 is 0. The van der Waals surface area contributed by atoms with Crippen LogP contribution < -0.4 is 5.32 Å². The van der Waals surface area contributed by atoms with Crippen molar-refractivity contribution in [3.63, 3.8) is 0 Å². The summed E-state index contributed by atoms with van der Waals surface area (Å²) in [6.45, 7) is 9.14. The van der Waals surface area contributed by atoms with Crippen LogP contribution in [0, 0.1) is 5.41 Å². The van der Waals surface area contributed by atoms with Crippen LogP contribution in [0.15, 0.2) is 0 Å². The lowest BCUT2D eigenvalue weighted by Crippen LogP contribution is -2.66. The summed E-state index contributed by atoms with van der Waals surface area (Å²) in [6.07, 6.45) is 2.35. The average Bonchev–Trinajstić information content (AvgIpc) is 2.35. The third-order valence-electron chi connectivity index (χ3n) is 3.67. The van der Waals surface area contributed by atoms with Crippen molar-refractivity contribution in [2.75, 3.05) is 20.3 Å². The van der Waals surface area contributed by atoms with Crippen LogP contribution in [0.4, 0.5) is 0 Å². The van der Waals surface area contributed by atoms with Crippen LogP contribution in [0.5, 0.6) is 0 Å². The minimum atomic E-state index is -0.439. The summed E-state index contributed by atoms with van der Waals surface area (Å²) in [4.78, 5) is 26.7. The normalized spacial score (nSPS) is 23.9. The molecule has 2 unspecified atom stereocenters. The zero-order chi connectivity index (χ0) is 15.3. The van der Waals surface area contributed by atoms with Crippen LogP contribution in [0.3, 0.4) is 0 Å². The van der Waals surface area contributed by atoms with E-state index in [2.05, 4.69) is 5.32 Å². The Kier molecular flexibility index (Phi) is 5.99. The van der Waals surface area contributed by atoms with E-state index in [0.29, 0.717) is 19.6 Å². The van der Waals surface area contributed by atoms with Crippen molar-refractivity contribution >= 4 is 11.8 Å². The first-order chi connectivity index (χ1) is 9.32. The molecule has 0 saturated carbocycles. The molecule has 0 aromatic heterocycles. The Bertz CT molecular complexity index is 350. The molecule has 1 rings (SSSR count). The van der Waals surface area contributed by atoms with Gasteiger partial charge >= 0.3 is 0 Å². The van der Waals surface area contributed by atoms with Crippen LogP contribution >= 0.6 is 0 Å². The van der Waals surface area contributed by atoms with E-state index in [0.717, 1.165) is 12.8 Å². The molecule has 0 spiro atoms. The highest BCUT2D eigenvalue weighted by atomic mass is 16.5. The van der Waals surface area contributed by atoms with Gasteiger partial charge in [0.1, 0.15) is 12.1 Å². The van der Waals surface area contributed by atoms with Crippen LogP contribution in [0.2, 0.25) is 0 Å². The standard InChI is InChI=1S/C15H28N2O3/c1-6-8-11-13(18)16-12(15(2,3)4)14(19)17(11)9-7-10-20-5/h11-12H,6-10H2,1-5H3,(H,16,18). The van der Waals surface area contributed by atoms with Crippen LogP contribution in [-0.4, -0.2) is 49.1 Å². The monoisotopic (exact) mass is 284 g/mol. The number of hydrogen-bond acceptors (Lipinski definition) is 3. The second kappa shape index (κ2) is 7.07. The predicted octanol–water partition coefficient (Wildman–Crippen LogP) is 1.56. The summed E-state index contributed by atoms with van der Waals surface area (Å²) in [6, 6.07) is -0.770. The maximum absolute atomic E-state index is 12.7. The van der Waals surface area contributed by atoms with E-state index in [9.17, 15) is 9.59 Å². The third kappa shape index (κ3) is 3.95. The quantitative estimate of drug-likeness (QED) is 0.753. The van der Waals surface area contributed by atoms with Crippen molar-refractivity contribution in [2.24, 2.45) is 5.41 Å². The van der Waals surface area contributed by atoms with Crippen LogP contribution in [0.1, 0.15) is 47.0 Å². The molecular weight excluding hydrogens is 256 g/mol. The zero-order valence-corrected chi connectivity index (χ0v) is 13.4. The number of amides is 2. The molecule has 1 aliphatic rings. The number of methoxy groups -OCH3 is 1. The Morgan fingerprint density at radius 3 is 2.45 bits per heavy atom. The van der Waals surface area contributed by atoms with E-state index in [-0.39, 0.29) is 23.3 Å². The van der Waals surface area contributed by atoms with E-state index in [1.807, 2.05) is 27.7 Å². The first kappa shape index (κ1) is 17.0. The SMILES string of the molecule is CCCC1C(=O)NC(C(C)(C)C)C(=O)N1CCCOC. The second-order valence-corrected chi connectivity index (χ2v) is 6.49. The molecule has 5 heteroatoms. The number of carbonyl (C=O) groups excluding carboxylic acids is 2. The molecule has 1 aliphatic heterocycles. The van der Waals surface area contributed by atoms with Crippen molar-refractivity contribution in [1.82, 2.24) is 10.2 Å². The van der Waals surface area contributed by atoms with Gasteiger partial charge in [-0.2, -0.15) is 0 Å². The third-order valence-corrected chi connectivity index (χ3v) is 3.67. The molecule has 5 nitrogen and oxygen atoms in total. The molecular formula is C15H28N2O3. The summed E-state index contributed by atoms with van der Waals surface area (Å²) in [5.41, 5.74) is -0.274. The molecule has 1 heterocycles. The Labute approximate surface area is 122 Å². The Morgan fingerprint density at radius 2 is 1.95 bits per heavy atom. The molecule has 116 valence electrons. The maximum atomic E-state index is 12.7. The first-order valence-electron chi connectivity index (χ1n) is 7.42. The van der Waals surface area contributed by atoms with E-state index in [1.54, 1.807) is 12.0 Å². The number of nitrogens with zero attached hydrogens (tertiary/aromatic N) is 1. The number of carbonyl (C=O) groups is 2. The van der Waals surface area contributed by atoms with Gasteiger partial charge in [0.15, 0.2) is 0 Å². The van der Waals surface area contributed by atoms with Gasteiger partial charge in [-0.1, -0.05) is 34.1 Å². The summed E-state index contributed by atoms with van der Waals surface area (Å²) in [5, 5.41) is 2.90. The van der Waals surface area contributed by atoms with E-state index >= 15 is 0 Å². The number of nitrogens with one attached hydrogen (secondary N) is 1. The lowest BCUT2D eigenvalue weighted by molar-refractivity contribution is -0.153. The van der Waals surface area contributed by atoms with Gasteiger partial charge in [0.2, 0.25) is 11.8 Å². The van der Waals surface area contributed by atoms with Gasteiger partial charge in [-0.05, 0) is 18.3 Å². The van der Waals surface area contributed by atoms with Crippen molar-refractivity contribution in [3.05, 3.63) is 0 Å². The number of rotatable bonds is 6. The lowest BCUT2D eigenvalue weighted by Gasteiger charge is -2.43. The van der Waals surface area contributed by atoms with Crippen molar-refractivity contribution in [3.8, 4) is 0 Å². The lowest BCUT2D eigenvalue weighted by atomic mass is 9.83. The highest BCUT2D eigenvalue weighted by Gasteiger charge is 2.44. The van der Waals surface area contributed by atoms with E-state index in [1.165, 1.54) is 0 Å². The summed E-state index contributed by atoms with van der Waals surface area (Å²) < 4.78 is 5.05. The largest absolute Gasteiger partial charge is 0.385 e. The molecule has 0 aliphatic carbocycles. The van der Waals surface area contributed by atoms with Gasteiger partial charge in [0.05, 0.1) is 0 Å². The highest BCUT2D eigenvalue weighted by Crippen LogP contribution is 2.26. The number of hydrogen-bond donors (Lipinski definition) is 1. The van der Waals surface area contributed by atoms with E-state index in [4.69, 9.17) is 4.74 Å². The van der Waals surface area contributed by atoms with Gasteiger partial charge in [-0.25, -0.2) is 0 Å². The number of piperazine rings is 1. The van der Waals surface area contributed by atoms with Gasteiger partial charge in [-0.3, -0.25) is 9.59 Å². The summed E-state index contributed by atoms with van der Waals surface area (Å²) in [7, 11) is 1.65. The van der Waals surface area contributed by atoms with Gasteiger partial charge < -0.3 is 15.0 Å². The minimum absolute atomic E-state index is 0.0243. The summed E-state index contributed by atoms with van der Waals surface area (Å²) in [5.74, 6) is 0.00967. The molecule has 1 N–H and O–H groups in total. The molecule has 2 atom stereocenters. The maximum Gasteiger partial charge on any atom is 0.246 e. The number of ether oxygens (including phenoxy) is 1. The van der Waals surface area contributed by atoms with Crippen molar-refractivity contribution in [2.45, 2.75) is 59.0 Å². The Morgan fingerprint density at radius 1 is 1.30 bits per heavy atom.